The number of hydrogen-bond donors (Lipinski definition) is 0. The van der Waals surface area contributed by atoms with Crippen molar-refractivity contribution >= 4 is 27.7 Å². The van der Waals surface area contributed by atoms with Crippen molar-refractivity contribution in [1.82, 2.24) is 4.31 Å². The van der Waals surface area contributed by atoms with Gasteiger partial charge in [-0.05, 0) is 24.6 Å². The standard InChI is InChI=1S/C25H25NO6S2/c1-2-31-22-15-20(32-14-13-30-17-19-9-5-3-6-10-19)16-23-24(22)25(27)26(34(23,28)29)18-33-21-11-7-4-8-12-21/h3-12,15-16H,2,13-14,17-18H2,1H3. The summed E-state index contributed by atoms with van der Waals surface area (Å²) in [6.07, 6.45) is 0. The first-order valence-electron chi connectivity index (χ1n) is 10.8. The Morgan fingerprint density at radius 1 is 0.912 bits per heavy atom. The minimum Gasteiger partial charge on any atom is -0.493 e. The van der Waals surface area contributed by atoms with E-state index in [0.29, 0.717) is 19.0 Å². The van der Waals surface area contributed by atoms with Crippen LogP contribution in [0.2, 0.25) is 0 Å². The summed E-state index contributed by atoms with van der Waals surface area (Å²) in [7, 11) is -4.03. The number of carbonyl (C=O) groups is 1. The van der Waals surface area contributed by atoms with E-state index in [-0.39, 0.29) is 35.3 Å². The summed E-state index contributed by atoms with van der Waals surface area (Å²) in [5.41, 5.74) is 1.10. The lowest BCUT2D eigenvalue weighted by atomic mass is 10.1. The van der Waals surface area contributed by atoms with Crippen LogP contribution in [0.15, 0.2) is 82.6 Å². The molecule has 34 heavy (non-hydrogen) atoms. The van der Waals surface area contributed by atoms with Crippen molar-refractivity contribution in [3.63, 3.8) is 0 Å². The van der Waals surface area contributed by atoms with E-state index in [4.69, 9.17) is 14.2 Å². The zero-order chi connectivity index (χ0) is 24.0. The van der Waals surface area contributed by atoms with Crippen molar-refractivity contribution in [3.8, 4) is 11.5 Å². The fourth-order valence-electron chi connectivity index (χ4n) is 3.45. The molecule has 3 aromatic carbocycles. The lowest BCUT2D eigenvalue weighted by Crippen LogP contribution is -2.29. The number of thioether (sulfide) groups is 1. The minimum atomic E-state index is -4.03. The van der Waals surface area contributed by atoms with E-state index in [2.05, 4.69) is 0 Å². The van der Waals surface area contributed by atoms with Crippen LogP contribution in [-0.2, 0) is 21.4 Å². The maximum atomic E-state index is 13.2. The topological polar surface area (TPSA) is 82.1 Å². The van der Waals surface area contributed by atoms with Gasteiger partial charge < -0.3 is 14.2 Å². The summed E-state index contributed by atoms with van der Waals surface area (Å²) < 4.78 is 44.3. The normalized spacial score (nSPS) is 14.1. The molecule has 0 atom stereocenters. The van der Waals surface area contributed by atoms with E-state index in [1.807, 2.05) is 60.7 Å². The van der Waals surface area contributed by atoms with E-state index in [1.54, 1.807) is 13.0 Å². The van der Waals surface area contributed by atoms with Gasteiger partial charge in [0.2, 0.25) is 0 Å². The molecule has 0 fully saturated rings. The smallest absolute Gasteiger partial charge is 0.273 e. The Bertz CT molecular complexity index is 1230. The Balaban J connectivity index is 1.46. The molecule has 4 rings (SSSR count). The van der Waals surface area contributed by atoms with Gasteiger partial charge in [0, 0.05) is 17.0 Å². The second kappa shape index (κ2) is 10.9. The zero-order valence-corrected chi connectivity index (χ0v) is 20.3. The molecule has 178 valence electrons. The molecule has 0 bridgehead atoms. The average molecular weight is 500 g/mol. The van der Waals surface area contributed by atoms with E-state index >= 15 is 0 Å². The van der Waals surface area contributed by atoms with Gasteiger partial charge in [0.1, 0.15) is 28.6 Å². The van der Waals surface area contributed by atoms with Crippen molar-refractivity contribution < 1.29 is 27.4 Å². The van der Waals surface area contributed by atoms with Crippen molar-refractivity contribution in [1.29, 1.82) is 0 Å². The third-order valence-corrected chi connectivity index (χ3v) is 7.96. The first kappa shape index (κ1) is 24.1. The number of carbonyl (C=O) groups excluding carboxylic acids is 1. The van der Waals surface area contributed by atoms with E-state index < -0.39 is 15.9 Å². The Kier molecular flexibility index (Phi) is 7.77. The minimum absolute atomic E-state index is 0.0328. The van der Waals surface area contributed by atoms with Gasteiger partial charge in [-0.1, -0.05) is 48.5 Å². The summed E-state index contributed by atoms with van der Waals surface area (Å²) in [6.45, 7) is 3.05. The molecule has 9 heteroatoms. The highest BCUT2D eigenvalue weighted by Gasteiger charge is 2.44. The molecule has 1 amide bonds. The lowest BCUT2D eigenvalue weighted by Gasteiger charge is -2.14. The molecule has 0 unspecified atom stereocenters. The number of nitrogens with zero attached hydrogens (tertiary/aromatic N) is 1. The largest absolute Gasteiger partial charge is 0.493 e. The van der Waals surface area contributed by atoms with Gasteiger partial charge in [-0.3, -0.25) is 4.79 Å². The van der Waals surface area contributed by atoms with E-state index in [0.717, 1.165) is 14.8 Å². The quantitative estimate of drug-likeness (QED) is 0.282. The van der Waals surface area contributed by atoms with Crippen LogP contribution in [0.4, 0.5) is 0 Å². The molecule has 3 aromatic rings. The molecule has 0 aromatic heterocycles. The number of rotatable bonds is 11. The molecular formula is C25H25NO6S2. The lowest BCUT2D eigenvalue weighted by molar-refractivity contribution is 0.0877. The summed E-state index contributed by atoms with van der Waals surface area (Å²) in [4.78, 5) is 13.8. The van der Waals surface area contributed by atoms with Gasteiger partial charge in [0.25, 0.3) is 15.9 Å². The Hall–Kier alpha value is -3.01. The average Bonchev–Trinajstić information content (AvgIpc) is 3.04. The zero-order valence-electron chi connectivity index (χ0n) is 18.7. The number of hydrogen-bond acceptors (Lipinski definition) is 7. The SMILES string of the molecule is CCOc1cc(OCCOCc2ccccc2)cc2c1C(=O)N(CSc1ccccc1)S2(=O)=O. The maximum absolute atomic E-state index is 13.2. The van der Waals surface area contributed by atoms with Gasteiger partial charge in [-0.15, -0.1) is 11.8 Å². The van der Waals surface area contributed by atoms with Gasteiger partial charge in [0.15, 0.2) is 0 Å². The summed E-state index contributed by atoms with van der Waals surface area (Å²) >= 11 is 1.27. The predicted molar refractivity (Wildman–Crippen MR) is 130 cm³/mol. The molecule has 0 N–H and O–H groups in total. The first-order valence-corrected chi connectivity index (χ1v) is 13.2. The predicted octanol–water partition coefficient (Wildman–Crippen LogP) is 4.58. The Morgan fingerprint density at radius 3 is 2.32 bits per heavy atom. The Labute approximate surface area is 203 Å². The number of fused-ring (bicyclic) bond motifs is 1. The summed E-state index contributed by atoms with van der Waals surface area (Å²) in [6, 6.07) is 22.0. The van der Waals surface area contributed by atoms with Gasteiger partial charge in [-0.25, -0.2) is 12.7 Å². The molecular weight excluding hydrogens is 474 g/mol. The summed E-state index contributed by atoms with van der Waals surface area (Å²) in [5.74, 6) is -0.130. The maximum Gasteiger partial charge on any atom is 0.273 e. The molecule has 0 aliphatic carbocycles. The van der Waals surface area contributed by atoms with Crippen LogP contribution < -0.4 is 9.47 Å². The van der Waals surface area contributed by atoms with Gasteiger partial charge >= 0.3 is 0 Å². The molecule has 1 aliphatic rings. The van der Waals surface area contributed by atoms with Crippen LogP contribution in [0.1, 0.15) is 22.8 Å². The van der Waals surface area contributed by atoms with Crippen molar-refractivity contribution in [3.05, 3.63) is 83.9 Å². The second-order valence-electron chi connectivity index (χ2n) is 7.36. The number of amides is 1. The molecule has 0 saturated heterocycles. The van der Waals surface area contributed by atoms with Crippen LogP contribution in [0.3, 0.4) is 0 Å². The highest BCUT2D eigenvalue weighted by molar-refractivity contribution is 8.00. The van der Waals surface area contributed by atoms with Crippen LogP contribution in [0, 0.1) is 0 Å². The van der Waals surface area contributed by atoms with Crippen LogP contribution in [-0.4, -0.2) is 44.3 Å². The van der Waals surface area contributed by atoms with Crippen LogP contribution >= 0.6 is 11.8 Å². The molecule has 0 spiro atoms. The highest BCUT2D eigenvalue weighted by atomic mass is 32.2. The highest BCUT2D eigenvalue weighted by Crippen LogP contribution is 2.41. The molecule has 0 saturated carbocycles. The van der Waals surface area contributed by atoms with Crippen LogP contribution in [0.25, 0.3) is 0 Å². The molecule has 1 aliphatic heterocycles. The molecule has 7 nitrogen and oxygen atoms in total. The van der Waals surface area contributed by atoms with E-state index in [9.17, 15) is 13.2 Å². The third kappa shape index (κ3) is 5.38. The fourth-order valence-corrected chi connectivity index (χ4v) is 6.15. The molecule has 1 heterocycles. The Morgan fingerprint density at radius 2 is 1.62 bits per heavy atom. The van der Waals surface area contributed by atoms with Crippen molar-refractivity contribution in [2.45, 2.75) is 23.3 Å². The van der Waals surface area contributed by atoms with E-state index in [1.165, 1.54) is 17.8 Å². The molecule has 0 radical (unpaired) electrons. The van der Waals surface area contributed by atoms with Crippen molar-refractivity contribution in [2.75, 3.05) is 25.7 Å². The number of sulfonamides is 1. The third-order valence-electron chi connectivity index (χ3n) is 5.05. The second-order valence-corrected chi connectivity index (χ2v) is 10.2. The fraction of sp³-hybridized carbons (Fsp3) is 0.240. The van der Waals surface area contributed by atoms with Gasteiger partial charge in [-0.2, -0.15) is 0 Å². The van der Waals surface area contributed by atoms with Crippen LogP contribution in [0.5, 0.6) is 11.5 Å². The number of ether oxygens (including phenoxy) is 3. The van der Waals surface area contributed by atoms with Gasteiger partial charge in [0.05, 0.1) is 25.7 Å². The number of benzene rings is 3. The van der Waals surface area contributed by atoms with Crippen molar-refractivity contribution in [2.24, 2.45) is 0 Å². The monoisotopic (exact) mass is 499 g/mol. The summed E-state index contributed by atoms with van der Waals surface area (Å²) in [5, 5.41) is 0. The first-order chi connectivity index (χ1) is 16.5.